The van der Waals surface area contributed by atoms with Crippen molar-refractivity contribution >= 4 is 11.9 Å². The lowest BCUT2D eigenvalue weighted by Gasteiger charge is -2.40. The first-order valence-electron chi connectivity index (χ1n) is 6.63. The van der Waals surface area contributed by atoms with E-state index in [1.54, 1.807) is 0 Å². The Morgan fingerprint density at radius 2 is 2.12 bits per heavy atom. The molecule has 3 unspecified atom stereocenters. The van der Waals surface area contributed by atoms with E-state index < -0.39 is 5.54 Å². The summed E-state index contributed by atoms with van der Waals surface area (Å²) in [5.41, 5.74) is -0.411. The maximum Gasteiger partial charge on any atom is 0.252 e. The predicted octanol–water partition coefficient (Wildman–Crippen LogP) is 1.67. The number of amides is 1. The fourth-order valence-electron chi connectivity index (χ4n) is 3.00. The maximum atomic E-state index is 12.2. The lowest BCUT2D eigenvalue weighted by molar-refractivity contribution is -0.127. The summed E-state index contributed by atoms with van der Waals surface area (Å²) in [5.74, 6) is 1.71. The van der Waals surface area contributed by atoms with Gasteiger partial charge in [-0.1, -0.05) is 26.7 Å². The van der Waals surface area contributed by atoms with Gasteiger partial charge in [0.15, 0.2) is 5.96 Å². The molecule has 0 radical (unpaired) electrons. The molecule has 1 heterocycles. The minimum absolute atomic E-state index is 0.107. The van der Waals surface area contributed by atoms with Crippen molar-refractivity contribution in [1.29, 1.82) is 0 Å². The molecule has 1 spiro atoms. The Morgan fingerprint density at radius 3 is 2.76 bits per heavy atom. The molecule has 0 aromatic carbocycles. The van der Waals surface area contributed by atoms with Gasteiger partial charge in [-0.15, -0.1) is 0 Å². The average molecular weight is 237 g/mol. The van der Waals surface area contributed by atoms with Crippen LogP contribution in [0.15, 0.2) is 4.99 Å². The van der Waals surface area contributed by atoms with E-state index in [1.165, 1.54) is 6.42 Å². The third-order valence-corrected chi connectivity index (χ3v) is 4.23. The van der Waals surface area contributed by atoms with Crippen LogP contribution in [0, 0.1) is 11.8 Å². The number of hydrogen-bond acceptors (Lipinski definition) is 2. The fraction of sp³-hybridized carbons (Fsp3) is 0.846. The van der Waals surface area contributed by atoms with Gasteiger partial charge in [0, 0.05) is 6.04 Å². The van der Waals surface area contributed by atoms with E-state index in [0.717, 1.165) is 12.8 Å². The van der Waals surface area contributed by atoms with Crippen molar-refractivity contribution < 1.29 is 4.79 Å². The number of carbonyl (C=O) groups is 1. The van der Waals surface area contributed by atoms with Crippen molar-refractivity contribution in [2.45, 2.75) is 58.5 Å². The van der Waals surface area contributed by atoms with Gasteiger partial charge in [-0.25, -0.2) is 0 Å². The maximum absolute atomic E-state index is 12.2. The van der Waals surface area contributed by atoms with Gasteiger partial charge in [0.05, 0.1) is 0 Å². The highest BCUT2D eigenvalue weighted by Crippen LogP contribution is 2.39. The zero-order valence-corrected chi connectivity index (χ0v) is 11.2. The smallest absolute Gasteiger partial charge is 0.252 e. The molecule has 1 aliphatic carbocycles. The zero-order chi connectivity index (χ0) is 12.6. The Bertz CT molecular complexity index is 351. The molecule has 2 fully saturated rings. The lowest BCUT2D eigenvalue weighted by atomic mass is 9.68. The van der Waals surface area contributed by atoms with Crippen molar-refractivity contribution in [3.05, 3.63) is 0 Å². The standard InChI is InChI=1S/C13H23N3O/c1-8(2)14-12-15-11(17)13(16-12)7-5-6-9(3)10(13)4/h8-10H,5-7H2,1-4H3,(H2,14,15,16,17). The molecule has 1 saturated heterocycles. The van der Waals surface area contributed by atoms with E-state index in [4.69, 9.17) is 0 Å². The van der Waals surface area contributed by atoms with Crippen LogP contribution in [0.2, 0.25) is 0 Å². The molecular formula is C13H23N3O. The molecule has 2 aliphatic rings. The molecule has 96 valence electrons. The monoisotopic (exact) mass is 237 g/mol. The summed E-state index contributed by atoms with van der Waals surface area (Å²) in [6.45, 7) is 8.43. The summed E-state index contributed by atoms with van der Waals surface area (Å²) in [5, 5.41) is 6.25. The van der Waals surface area contributed by atoms with E-state index in [9.17, 15) is 4.79 Å². The van der Waals surface area contributed by atoms with Crippen LogP contribution in [0.25, 0.3) is 0 Å². The third-order valence-electron chi connectivity index (χ3n) is 4.23. The second-order valence-corrected chi connectivity index (χ2v) is 5.78. The average Bonchev–Trinajstić information content (AvgIpc) is 2.52. The van der Waals surface area contributed by atoms with Gasteiger partial charge in [-0.3, -0.25) is 15.1 Å². The highest BCUT2D eigenvalue weighted by molar-refractivity contribution is 6.09. The van der Waals surface area contributed by atoms with Crippen molar-refractivity contribution in [2.75, 3.05) is 0 Å². The van der Waals surface area contributed by atoms with Crippen LogP contribution in [0.5, 0.6) is 0 Å². The van der Waals surface area contributed by atoms with Crippen LogP contribution in [-0.4, -0.2) is 23.4 Å². The molecule has 1 saturated carbocycles. The topological polar surface area (TPSA) is 53.5 Å². The Hall–Kier alpha value is -1.06. The van der Waals surface area contributed by atoms with Gasteiger partial charge in [0.1, 0.15) is 5.54 Å². The fourth-order valence-corrected chi connectivity index (χ4v) is 3.00. The predicted molar refractivity (Wildman–Crippen MR) is 68.8 cm³/mol. The first-order valence-corrected chi connectivity index (χ1v) is 6.63. The molecule has 0 aromatic rings. The highest BCUT2D eigenvalue weighted by atomic mass is 16.2. The quantitative estimate of drug-likeness (QED) is 0.729. The molecule has 1 amide bonds. The van der Waals surface area contributed by atoms with E-state index >= 15 is 0 Å². The number of nitrogens with one attached hydrogen (secondary N) is 2. The van der Waals surface area contributed by atoms with Crippen LogP contribution in [-0.2, 0) is 4.79 Å². The van der Waals surface area contributed by atoms with Crippen LogP contribution in [0.3, 0.4) is 0 Å². The summed E-state index contributed by atoms with van der Waals surface area (Å²) in [4.78, 5) is 16.7. The van der Waals surface area contributed by atoms with Gasteiger partial charge in [-0.2, -0.15) is 0 Å². The molecule has 2 N–H and O–H groups in total. The highest BCUT2D eigenvalue weighted by Gasteiger charge is 2.52. The van der Waals surface area contributed by atoms with E-state index in [0.29, 0.717) is 17.8 Å². The molecule has 1 aliphatic heterocycles. The summed E-state index contributed by atoms with van der Waals surface area (Å²) in [6.07, 6.45) is 3.25. The molecule has 4 heteroatoms. The first kappa shape index (κ1) is 12.4. The second kappa shape index (κ2) is 4.31. The number of nitrogens with zero attached hydrogens (tertiary/aromatic N) is 1. The molecule has 0 aromatic heterocycles. The molecule has 0 bridgehead atoms. The minimum Gasteiger partial charge on any atom is -0.341 e. The van der Waals surface area contributed by atoms with E-state index in [-0.39, 0.29) is 11.9 Å². The van der Waals surface area contributed by atoms with Gasteiger partial charge >= 0.3 is 0 Å². The summed E-state index contributed by atoms with van der Waals surface area (Å²) >= 11 is 0. The Balaban J connectivity index is 2.24. The van der Waals surface area contributed by atoms with Crippen molar-refractivity contribution in [3.8, 4) is 0 Å². The van der Waals surface area contributed by atoms with E-state index in [2.05, 4.69) is 29.5 Å². The van der Waals surface area contributed by atoms with Crippen LogP contribution in [0.1, 0.15) is 47.0 Å². The summed E-state index contributed by atoms with van der Waals surface area (Å²) in [7, 11) is 0. The molecule has 17 heavy (non-hydrogen) atoms. The van der Waals surface area contributed by atoms with Gasteiger partial charge in [0.2, 0.25) is 0 Å². The van der Waals surface area contributed by atoms with Gasteiger partial charge < -0.3 is 5.32 Å². The number of hydrogen-bond donors (Lipinski definition) is 2. The number of carbonyl (C=O) groups excluding carboxylic acids is 1. The second-order valence-electron chi connectivity index (χ2n) is 5.78. The lowest BCUT2D eigenvalue weighted by Crippen LogP contribution is -2.56. The Morgan fingerprint density at radius 1 is 1.41 bits per heavy atom. The van der Waals surface area contributed by atoms with Crippen molar-refractivity contribution in [1.82, 2.24) is 10.6 Å². The molecule has 4 nitrogen and oxygen atoms in total. The normalized spacial score (nSPS) is 39.8. The summed E-state index contributed by atoms with van der Waals surface area (Å²) in [6, 6.07) is 0.198. The third kappa shape index (κ3) is 2.05. The molecular weight excluding hydrogens is 214 g/mol. The summed E-state index contributed by atoms with van der Waals surface area (Å²) < 4.78 is 0. The van der Waals surface area contributed by atoms with E-state index in [1.807, 2.05) is 13.8 Å². The van der Waals surface area contributed by atoms with Crippen LogP contribution in [0.4, 0.5) is 0 Å². The SMILES string of the molecule is CC(C)N=C1NC(=O)C2(CCCC(C)C2C)N1. The number of guanidine groups is 1. The van der Waals surface area contributed by atoms with Crippen molar-refractivity contribution in [3.63, 3.8) is 0 Å². The Labute approximate surface area is 103 Å². The number of rotatable bonds is 1. The van der Waals surface area contributed by atoms with Gasteiger partial charge in [-0.05, 0) is 32.1 Å². The molecule has 2 rings (SSSR count). The largest absolute Gasteiger partial charge is 0.341 e. The number of aliphatic imine (C=N–C) groups is 1. The van der Waals surface area contributed by atoms with Crippen LogP contribution < -0.4 is 10.6 Å². The van der Waals surface area contributed by atoms with Crippen LogP contribution >= 0.6 is 0 Å². The zero-order valence-electron chi connectivity index (χ0n) is 11.2. The minimum atomic E-state index is -0.411. The first-order chi connectivity index (χ1) is 7.95. The molecule has 3 atom stereocenters. The van der Waals surface area contributed by atoms with Crippen molar-refractivity contribution in [2.24, 2.45) is 16.8 Å². The van der Waals surface area contributed by atoms with Gasteiger partial charge in [0.25, 0.3) is 5.91 Å². The Kier molecular flexibility index (Phi) is 3.15.